The van der Waals surface area contributed by atoms with Crippen molar-refractivity contribution in [1.29, 1.82) is 0 Å². The topological polar surface area (TPSA) is 80.4 Å². The lowest BCUT2D eigenvalue weighted by atomic mass is 10.1. The predicted octanol–water partition coefficient (Wildman–Crippen LogP) is 1.04. The molecule has 0 saturated heterocycles. The Labute approximate surface area is 85.4 Å². The molecular weight excluding hydrogens is 202 g/mol. The quantitative estimate of drug-likeness (QED) is 0.732. The van der Waals surface area contributed by atoms with E-state index in [-0.39, 0.29) is 12.2 Å². The number of hydrogen-bond acceptors (Lipinski definition) is 4. The van der Waals surface area contributed by atoms with E-state index in [0.717, 1.165) is 5.56 Å². The molecule has 0 radical (unpaired) electrons. The van der Waals surface area contributed by atoms with Gasteiger partial charge >= 0.3 is 5.97 Å². The minimum atomic E-state index is -1.15. The summed E-state index contributed by atoms with van der Waals surface area (Å²) in [7, 11) is 0. The minimum absolute atomic E-state index is 0.142. The van der Waals surface area contributed by atoms with Gasteiger partial charge in [0.1, 0.15) is 6.04 Å². The van der Waals surface area contributed by atoms with E-state index < -0.39 is 12.0 Å². The van der Waals surface area contributed by atoms with Gasteiger partial charge in [0.05, 0.1) is 4.88 Å². The van der Waals surface area contributed by atoms with Gasteiger partial charge in [0.25, 0.3) is 0 Å². The second-order valence-corrected chi connectivity index (χ2v) is 3.92. The lowest BCUT2D eigenvalue weighted by molar-refractivity contribution is -0.138. The highest BCUT2D eigenvalue weighted by molar-refractivity contribution is 7.12. The first kappa shape index (κ1) is 10.9. The van der Waals surface area contributed by atoms with Gasteiger partial charge < -0.3 is 10.8 Å². The van der Waals surface area contributed by atoms with Gasteiger partial charge in [-0.2, -0.15) is 0 Å². The molecule has 0 bridgehead atoms. The number of Topliss-reactive ketones (excluding diaryl/α,β-unsaturated/α-hetero) is 1. The molecule has 1 atom stereocenters. The van der Waals surface area contributed by atoms with Crippen molar-refractivity contribution in [2.75, 3.05) is 0 Å². The van der Waals surface area contributed by atoms with Gasteiger partial charge in [-0.15, -0.1) is 11.3 Å². The third-order valence-corrected chi connectivity index (χ3v) is 2.90. The van der Waals surface area contributed by atoms with E-state index in [1.54, 1.807) is 5.38 Å². The molecule has 4 nitrogen and oxygen atoms in total. The molecule has 5 heteroatoms. The second-order valence-electron chi connectivity index (χ2n) is 3.00. The fourth-order valence-corrected chi connectivity index (χ4v) is 1.92. The lowest BCUT2D eigenvalue weighted by Gasteiger charge is -2.04. The summed E-state index contributed by atoms with van der Waals surface area (Å²) in [5.74, 6) is -1.35. The van der Waals surface area contributed by atoms with Crippen molar-refractivity contribution in [2.45, 2.75) is 19.4 Å². The Kier molecular flexibility index (Phi) is 3.38. The molecule has 0 aliphatic carbocycles. The van der Waals surface area contributed by atoms with Crippen LogP contribution in [0.1, 0.15) is 21.7 Å². The summed E-state index contributed by atoms with van der Waals surface area (Å²) in [5.41, 5.74) is 6.13. The molecular formula is C9H11NO3S. The monoisotopic (exact) mass is 213 g/mol. The van der Waals surface area contributed by atoms with Crippen molar-refractivity contribution in [2.24, 2.45) is 5.73 Å². The average Bonchev–Trinajstić information content (AvgIpc) is 2.51. The highest BCUT2D eigenvalue weighted by Gasteiger charge is 2.19. The summed E-state index contributed by atoms with van der Waals surface area (Å²) >= 11 is 1.31. The normalized spacial score (nSPS) is 12.4. The van der Waals surface area contributed by atoms with Crippen molar-refractivity contribution in [3.8, 4) is 0 Å². The lowest BCUT2D eigenvalue weighted by Crippen LogP contribution is -2.32. The Morgan fingerprint density at radius 1 is 1.64 bits per heavy atom. The van der Waals surface area contributed by atoms with Crippen molar-refractivity contribution in [3.63, 3.8) is 0 Å². The number of rotatable bonds is 4. The summed E-state index contributed by atoms with van der Waals surface area (Å²) in [5, 5.41) is 10.3. The first-order valence-corrected chi connectivity index (χ1v) is 4.96. The Hall–Kier alpha value is -1.20. The number of carbonyl (C=O) groups excluding carboxylic acids is 1. The molecule has 1 heterocycles. The van der Waals surface area contributed by atoms with Crippen LogP contribution in [0.2, 0.25) is 0 Å². The molecule has 0 aliphatic heterocycles. The van der Waals surface area contributed by atoms with Crippen LogP contribution in [0.4, 0.5) is 0 Å². The smallest absolute Gasteiger partial charge is 0.320 e. The van der Waals surface area contributed by atoms with Crippen LogP contribution in [0.25, 0.3) is 0 Å². The maximum absolute atomic E-state index is 11.5. The standard InChI is InChI=1S/C9H11NO3S/c1-5-2-3-14-8(5)7(11)4-6(10)9(12)13/h2-3,6H,4,10H2,1H3,(H,12,13). The zero-order chi connectivity index (χ0) is 10.7. The summed E-state index contributed by atoms with van der Waals surface area (Å²) in [4.78, 5) is 22.5. The molecule has 1 aromatic heterocycles. The van der Waals surface area contributed by atoms with Gasteiger partial charge in [-0.05, 0) is 23.9 Å². The van der Waals surface area contributed by atoms with Crippen molar-refractivity contribution in [1.82, 2.24) is 0 Å². The number of aliphatic carboxylic acids is 1. The van der Waals surface area contributed by atoms with Crippen LogP contribution in [0.15, 0.2) is 11.4 Å². The predicted molar refractivity (Wildman–Crippen MR) is 53.6 cm³/mol. The maximum atomic E-state index is 11.5. The summed E-state index contributed by atoms with van der Waals surface area (Å²) in [6.45, 7) is 1.82. The number of aryl methyl sites for hydroxylation is 1. The number of nitrogens with two attached hydrogens (primary N) is 1. The Balaban J connectivity index is 2.69. The van der Waals surface area contributed by atoms with Gasteiger partial charge in [0, 0.05) is 6.42 Å². The Bertz CT molecular complexity index is 359. The van der Waals surface area contributed by atoms with Crippen LogP contribution in [0.5, 0.6) is 0 Å². The first-order chi connectivity index (χ1) is 6.52. The van der Waals surface area contributed by atoms with Crippen LogP contribution >= 0.6 is 11.3 Å². The fourth-order valence-electron chi connectivity index (χ4n) is 1.04. The number of hydrogen-bond donors (Lipinski definition) is 2. The van der Waals surface area contributed by atoms with Gasteiger partial charge in [-0.25, -0.2) is 0 Å². The molecule has 1 aromatic rings. The van der Waals surface area contributed by atoms with Crippen molar-refractivity contribution in [3.05, 3.63) is 21.9 Å². The molecule has 76 valence electrons. The van der Waals surface area contributed by atoms with Gasteiger partial charge in [-0.3, -0.25) is 9.59 Å². The average molecular weight is 213 g/mol. The summed E-state index contributed by atoms with van der Waals surface area (Å²) in [6, 6.07) is 0.716. The van der Waals surface area contributed by atoms with E-state index >= 15 is 0 Å². The molecule has 14 heavy (non-hydrogen) atoms. The highest BCUT2D eigenvalue weighted by atomic mass is 32.1. The largest absolute Gasteiger partial charge is 0.480 e. The van der Waals surface area contributed by atoms with Gasteiger partial charge in [0.2, 0.25) is 0 Å². The van der Waals surface area contributed by atoms with Crippen LogP contribution in [-0.4, -0.2) is 22.9 Å². The molecule has 1 rings (SSSR count). The number of carboxylic acids is 1. The maximum Gasteiger partial charge on any atom is 0.320 e. The SMILES string of the molecule is Cc1ccsc1C(=O)CC(N)C(=O)O. The van der Waals surface area contributed by atoms with Crippen molar-refractivity contribution >= 4 is 23.1 Å². The molecule has 0 aliphatic rings. The van der Waals surface area contributed by atoms with Crippen LogP contribution in [0.3, 0.4) is 0 Å². The molecule has 0 aromatic carbocycles. The molecule has 0 saturated carbocycles. The van der Waals surface area contributed by atoms with E-state index in [9.17, 15) is 9.59 Å². The van der Waals surface area contributed by atoms with E-state index in [2.05, 4.69) is 0 Å². The number of ketones is 1. The van der Waals surface area contributed by atoms with E-state index in [1.165, 1.54) is 11.3 Å². The number of thiophene rings is 1. The zero-order valence-electron chi connectivity index (χ0n) is 7.69. The zero-order valence-corrected chi connectivity index (χ0v) is 8.50. The van der Waals surface area contributed by atoms with Crippen molar-refractivity contribution < 1.29 is 14.7 Å². The van der Waals surface area contributed by atoms with E-state index in [0.29, 0.717) is 4.88 Å². The third kappa shape index (κ3) is 2.40. The van der Waals surface area contributed by atoms with E-state index in [4.69, 9.17) is 10.8 Å². The summed E-state index contributed by atoms with van der Waals surface area (Å²) in [6.07, 6.45) is -0.142. The van der Waals surface area contributed by atoms with E-state index in [1.807, 2.05) is 13.0 Å². The Morgan fingerprint density at radius 3 is 2.71 bits per heavy atom. The second kappa shape index (κ2) is 4.34. The highest BCUT2D eigenvalue weighted by Crippen LogP contribution is 2.17. The van der Waals surface area contributed by atoms with Crippen LogP contribution in [0, 0.1) is 6.92 Å². The number of carboxylic acid groups (broad SMARTS) is 1. The van der Waals surface area contributed by atoms with Crippen LogP contribution in [-0.2, 0) is 4.79 Å². The van der Waals surface area contributed by atoms with Gasteiger partial charge in [-0.1, -0.05) is 0 Å². The number of carbonyl (C=O) groups is 2. The molecule has 1 unspecified atom stereocenters. The molecule has 0 amide bonds. The minimum Gasteiger partial charge on any atom is -0.480 e. The molecule has 3 N–H and O–H groups in total. The molecule has 0 spiro atoms. The Morgan fingerprint density at radius 2 is 2.29 bits per heavy atom. The molecule has 0 fully saturated rings. The summed E-state index contributed by atoms with van der Waals surface area (Å²) < 4.78 is 0. The fraction of sp³-hybridized carbons (Fsp3) is 0.333. The first-order valence-electron chi connectivity index (χ1n) is 4.08. The van der Waals surface area contributed by atoms with Gasteiger partial charge in [0.15, 0.2) is 5.78 Å². The van der Waals surface area contributed by atoms with Crippen LogP contribution < -0.4 is 5.73 Å². The third-order valence-electron chi connectivity index (χ3n) is 1.84.